The van der Waals surface area contributed by atoms with Crippen molar-refractivity contribution in [3.05, 3.63) is 35.7 Å². The number of nitrogens with one attached hydrogen (secondary N) is 1. The highest BCUT2D eigenvalue weighted by Gasteiger charge is 2.38. The van der Waals surface area contributed by atoms with Gasteiger partial charge in [-0.1, -0.05) is 33.8 Å². The van der Waals surface area contributed by atoms with Crippen LogP contribution in [-0.4, -0.2) is 79.7 Å². The van der Waals surface area contributed by atoms with E-state index in [4.69, 9.17) is 30.0 Å². The van der Waals surface area contributed by atoms with Gasteiger partial charge in [0.25, 0.3) is 5.91 Å². The molecule has 0 spiro atoms. The molecule has 0 bridgehead atoms. The van der Waals surface area contributed by atoms with Gasteiger partial charge in [-0.15, -0.1) is 0 Å². The van der Waals surface area contributed by atoms with Crippen molar-refractivity contribution in [2.24, 2.45) is 5.92 Å². The van der Waals surface area contributed by atoms with Crippen LogP contribution in [0, 0.1) is 5.92 Å². The number of aliphatic carboxylic acids is 2. The Hall–Kier alpha value is -3.66. The van der Waals surface area contributed by atoms with Crippen LogP contribution in [0.15, 0.2) is 24.3 Å². The number of nitrogens with zero attached hydrogens (tertiary/aromatic N) is 3. The van der Waals surface area contributed by atoms with Gasteiger partial charge in [0.1, 0.15) is 5.82 Å². The molecule has 1 amide bonds. The highest BCUT2D eigenvalue weighted by atomic mass is 19.4. The molecule has 16 heteroatoms. The van der Waals surface area contributed by atoms with E-state index < -0.39 is 30.2 Å². The van der Waals surface area contributed by atoms with E-state index in [1.165, 1.54) is 6.08 Å². The number of halogens is 6. The van der Waals surface area contributed by atoms with Gasteiger partial charge in [0.15, 0.2) is 0 Å². The molecule has 226 valence electrons. The molecular formula is C24H32F6N4O6. The Kier molecular flexibility index (Phi) is 14.9. The molecule has 0 radical (unpaired) electrons. The van der Waals surface area contributed by atoms with Crippen LogP contribution in [0.2, 0.25) is 0 Å². The second-order valence-electron chi connectivity index (χ2n) is 8.47. The smallest absolute Gasteiger partial charge is 0.475 e. The maximum absolute atomic E-state index is 11.2. The van der Waals surface area contributed by atoms with Crippen molar-refractivity contribution in [2.75, 3.05) is 19.6 Å². The molecule has 1 aromatic carbocycles. The fraction of sp³-hybridized carbons (Fsp3) is 0.500. The number of fused-ring (bicyclic) bond motifs is 1. The first kappa shape index (κ1) is 36.3. The molecule has 1 heterocycles. The third-order valence-corrected chi connectivity index (χ3v) is 5.00. The fourth-order valence-corrected chi connectivity index (χ4v) is 3.06. The first-order valence-electron chi connectivity index (χ1n) is 11.8. The molecule has 4 N–H and O–H groups in total. The van der Waals surface area contributed by atoms with Crippen LogP contribution in [0.3, 0.4) is 0 Å². The maximum Gasteiger partial charge on any atom is 0.490 e. The van der Waals surface area contributed by atoms with Gasteiger partial charge in [0.05, 0.1) is 11.0 Å². The summed E-state index contributed by atoms with van der Waals surface area (Å²) in [5.74, 6) is -4.42. The van der Waals surface area contributed by atoms with E-state index >= 15 is 0 Å². The summed E-state index contributed by atoms with van der Waals surface area (Å²) in [6.45, 7) is 12.8. The third kappa shape index (κ3) is 13.4. The minimum atomic E-state index is -5.08. The Bertz CT molecular complexity index is 1120. The second-order valence-corrected chi connectivity index (χ2v) is 8.47. The van der Waals surface area contributed by atoms with Crippen molar-refractivity contribution in [2.45, 2.75) is 53.0 Å². The number of carboxylic acids is 2. The molecule has 0 saturated heterocycles. The van der Waals surface area contributed by atoms with Crippen molar-refractivity contribution < 1.29 is 56.1 Å². The van der Waals surface area contributed by atoms with Gasteiger partial charge in [-0.2, -0.15) is 26.3 Å². The predicted octanol–water partition coefficient (Wildman–Crippen LogP) is 4.36. The zero-order chi connectivity index (χ0) is 31.3. The monoisotopic (exact) mass is 586 g/mol. The number of imidazole rings is 1. The van der Waals surface area contributed by atoms with Gasteiger partial charge in [-0.25, -0.2) is 20.1 Å². The van der Waals surface area contributed by atoms with Crippen LogP contribution in [0.1, 0.15) is 39.1 Å². The Labute approximate surface area is 225 Å². The van der Waals surface area contributed by atoms with Crippen LogP contribution < -0.4 is 5.48 Å². The van der Waals surface area contributed by atoms with Gasteiger partial charge in [-0.3, -0.25) is 10.0 Å². The standard InChI is InChI=1S/C20H30N4O2.2C2HF3O2/c1-5-23(6-2)11-12-24-18-9-7-16(8-10-20(25)22-26)14-17(18)21-19(24)13-15(3)4;2*3-2(4,5)1(6)7/h7-10,14-15,26H,5-6,11-13H2,1-4H3,(H,22,25);2*(H,6,7)/b10-8+;;. The number of amides is 1. The van der Waals surface area contributed by atoms with Crippen LogP contribution in [0.4, 0.5) is 26.3 Å². The average molecular weight is 587 g/mol. The average Bonchev–Trinajstić information content (AvgIpc) is 3.18. The van der Waals surface area contributed by atoms with E-state index in [1.54, 1.807) is 11.6 Å². The summed E-state index contributed by atoms with van der Waals surface area (Å²) in [6.07, 6.45) is -6.26. The number of rotatable bonds is 9. The summed E-state index contributed by atoms with van der Waals surface area (Å²) >= 11 is 0. The number of carbonyl (C=O) groups excluding carboxylic acids is 1. The Morgan fingerprint density at radius 3 is 1.93 bits per heavy atom. The number of likely N-dealkylation sites (N-methyl/N-ethyl adjacent to an activating group) is 1. The number of alkyl halides is 6. The molecule has 2 aromatic rings. The van der Waals surface area contributed by atoms with Crippen LogP contribution >= 0.6 is 0 Å². The van der Waals surface area contributed by atoms with E-state index in [2.05, 4.69) is 43.2 Å². The molecule has 0 aliphatic rings. The van der Waals surface area contributed by atoms with Crippen molar-refractivity contribution >= 4 is 35.0 Å². The quantitative estimate of drug-likeness (QED) is 0.147. The van der Waals surface area contributed by atoms with Crippen LogP contribution in [0.25, 0.3) is 17.1 Å². The zero-order valence-electron chi connectivity index (χ0n) is 22.2. The summed E-state index contributed by atoms with van der Waals surface area (Å²) in [5, 5.41) is 22.8. The van der Waals surface area contributed by atoms with Gasteiger partial charge >= 0.3 is 24.3 Å². The number of hydrogen-bond donors (Lipinski definition) is 4. The number of aromatic nitrogens is 2. The van der Waals surface area contributed by atoms with E-state index in [0.29, 0.717) is 5.92 Å². The summed E-state index contributed by atoms with van der Waals surface area (Å²) < 4.78 is 65.8. The molecule has 0 fully saturated rings. The lowest BCUT2D eigenvalue weighted by Crippen LogP contribution is -2.27. The van der Waals surface area contributed by atoms with Crippen molar-refractivity contribution in [3.8, 4) is 0 Å². The summed E-state index contributed by atoms with van der Waals surface area (Å²) in [4.78, 5) is 36.2. The highest BCUT2D eigenvalue weighted by molar-refractivity contribution is 5.91. The lowest BCUT2D eigenvalue weighted by molar-refractivity contribution is -0.193. The van der Waals surface area contributed by atoms with E-state index in [-0.39, 0.29) is 0 Å². The molecular weight excluding hydrogens is 554 g/mol. The Balaban J connectivity index is 0.000000894. The number of benzene rings is 1. The van der Waals surface area contributed by atoms with Crippen LogP contribution in [0.5, 0.6) is 0 Å². The minimum Gasteiger partial charge on any atom is -0.475 e. The van der Waals surface area contributed by atoms with Crippen LogP contribution in [-0.2, 0) is 27.3 Å². The predicted molar refractivity (Wildman–Crippen MR) is 132 cm³/mol. The normalized spacial score (nSPS) is 11.7. The number of carboxylic acid groups (broad SMARTS) is 2. The largest absolute Gasteiger partial charge is 0.490 e. The molecule has 0 aliphatic heterocycles. The summed E-state index contributed by atoms with van der Waals surface area (Å²) in [5.41, 5.74) is 4.53. The van der Waals surface area contributed by atoms with Gasteiger partial charge in [0.2, 0.25) is 0 Å². The topological polar surface area (TPSA) is 145 Å². The number of hydrogen-bond acceptors (Lipinski definition) is 6. The summed E-state index contributed by atoms with van der Waals surface area (Å²) in [6, 6.07) is 6.01. The van der Waals surface area contributed by atoms with Crippen molar-refractivity contribution in [1.29, 1.82) is 0 Å². The third-order valence-electron chi connectivity index (χ3n) is 5.00. The first-order valence-corrected chi connectivity index (χ1v) is 11.8. The molecule has 40 heavy (non-hydrogen) atoms. The molecule has 0 atom stereocenters. The lowest BCUT2D eigenvalue weighted by atomic mass is 10.1. The number of hydroxylamine groups is 1. The van der Waals surface area contributed by atoms with Gasteiger partial charge in [0, 0.05) is 25.6 Å². The van der Waals surface area contributed by atoms with Crippen molar-refractivity contribution in [3.63, 3.8) is 0 Å². The lowest BCUT2D eigenvalue weighted by Gasteiger charge is -2.19. The minimum absolute atomic E-state index is 0.534. The zero-order valence-corrected chi connectivity index (χ0v) is 22.2. The second kappa shape index (κ2) is 16.4. The molecule has 2 rings (SSSR count). The van der Waals surface area contributed by atoms with Gasteiger partial charge < -0.3 is 19.7 Å². The molecule has 1 aromatic heterocycles. The number of carbonyl (C=O) groups is 3. The maximum atomic E-state index is 11.2. The molecule has 0 unspecified atom stereocenters. The Morgan fingerprint density at radius 1 is 1.02 bits per heavy atom. The first-order chi connectivity index (χ1) is 18.4. The highest BCUT2D eigenvalue weighted by Crippen LogP contribution is 2.21. The van der Waals surface area contributed by atoms with E-state index in [0.717, 1.165) is 55.0 Å². The van der Waals surface area contributed by atoms with E-state index in [1.807, 2.05) is 12.1 Å². The fourth-order valence-electron chi connectivity index (χ4n) is 3.06. The van der Waals surface area contributed by atoms with Crippen molar-refractivity contribution in [1.82, 2.24) is 19.9 Å². The Morgan fingerprint density at radius 2 is 1.52 bits per heavy atom. The molecule has 10 nitrogen and oxygen atoms in total. The van der Waals surface area contributed by atoms with E-state index in [9.17, 15) is 31.1 Å². The SMILES string of the molecule is CCN(CC)CCn1c(CC(C)C)nc2cc(/C=C/C(=O)NO)ccc21.O=C(O)C(F)(F)F.O=C(O)C(F)(F)F. The summed E-state index contributed by atoms with van der Waals surface area (Å²) in [7, 11) is 0. The molecule has 0 saturated carbocycles. The molecule has 0 aliphatic carbocycles. The van der Waals surface area contributed by atoms with Gasteiger partial charge in [-0.05, 0) is 42.8 Å².